The van der Waals surface area contributed by atoms with Gasteiger partial charge in [0.2, 0.25) is 0 Å². The van der Waals surface area contributed by atoms with Gasteiger partial charge >= 0.3 is 0 Å². The minimum absolute atomic E-state index is 0.152. The van der Waals surface area contributed by atoms with Gasteiger partial charge in [-0.25, -0.2) is 0 Å². The predicted molar refractivity (Wildman–Crippen MR) is 98.8 cm³/mol. The predicted octanol–water partition coefficient (Wildman–Crippen LogP) is 4.63. The molecule has 0 saturated carbocycles. The summed E-state index contributed by atoms with van der Waals surface area (Å²) in [5, 5.41) is 10.1. The Kier molecular flexibility index (Phi) is 6.04. The molecule has 5 nitrogen and oxygen atoms in total. The van der Waals surface area contributed by atoms with Crippen LogP contribution in [0.5, 0.6) is 11.5 Å². The molecule has 1 aromatic carbocycles. The van der Waals surface area contributed by atoms with E-state index in [0.717, 1.165) is 43.0 Å². The molecule has 2 heterocycles. The van der Waals surface area contributed by atoms with Crippen LogP contribution < -0.4 is 4.74 Å². The van der Waals surface area contributed by atoms with Crippen LogP contribution in [0.1, 0.15) is 42.9 Å². The standard InChI is InChI=1S/C19H24BrNO4/c1-3-24-18-10-13(9-15(20)19(18)22)11-21-8-4-5-16(21)17-7-6-14(25-17)12-23-2/h6-7,9-10,16,22H,3-5,8,11-12H2,1-2H3. The number of hydrogen-bond donors (Lipinski definition) is 1. The van der Waals surface area contributed by atoms with Gasteiger partial charge in [0, 0.05) is 13.7 Å². The number of ether oxygens (including phenoxy) is 2. The Morgan fingerprint density at radius 1 is 1.36 bits per heavy atom. The van der Waals surface area contributed by atoms with Crippen molar-refractivity contribution in [2.45, 2.75) is 39.0 Å². The van der Waals surface area contributed by atoms with Gasteiger partial charge in [-0.1, -0.05) is 0 Å². The fraction of sp³-hybridized carbons (Fsp3) is 0.474. The van der Waals surface area contributed by atoms with Crippen molar-refractivity contribution in [3.63, 3.8) is 0 Å². The molecule has 1 aliphatic rings. The number of phenolic OH excluding ortho intramolecular Hbond substituents is 1. The highest BCUT2D eigenvalue weighted by atomic mass is 79.9. The van der Waals surface area contributed by atoms with Crippen molar-refractivity contribution in [1.82, 2.24) is 4.90 Å². The van der Waals surface area contributed by atoms with E-state index in [-0.39, 0.29) is 11.8 Å². The third kappa shape index (κ3) is 4.19. The number of rotatable bonds is 7. The lowest BCUT2D eigenvalue weighted by molar-refractivity contribution is 0.155. The van der Waals surface area contributed by atoms with E-state index in [0.29, 0.717) is 23.4 Å². The van der Waals surface area contributed by atoms with Gasteiger partial charge < -0.3 is 19.0 Å². The van der Waals surface area contributed by atoms with Crippen LogP contribution in [0.4, 0.5) is 0 Å². The molecule has 1 fully saturated rings. The first-order valence-electron chi connectivity index (χ1n) is 8.58. The average Bonchev–Trinajstić information content (AvgIpc) is 3.22. The van der Waals surface area contributed by atoms with Gasteiger partial charge in [0.25, 0.3) is 0 Å². The zero-order chi connectivity index (χ0) is 17.8. The maximum Gasteiger partial charge on any atom is 0.172 e. The summed E-state index contributed by atoms with van der Waals surface area (Å²) in [7, 11) is 1.67. The molecule has 1 atom stereocenters. The number of benzene rings is 1. The number of likely N-dealkylation sites (tertiary alicyclic amines) is 1. The van der Waals surface area contributed by atoms with Crippen molar-refractivity contribution in [1.29, 1.82) is 0 Å². The molecule has 25 heavy (non-hydrogen) atoms. The Labute approximate surface area is 156 Å². The van der Waals surface area contributed by atoms with Gasteiger partial charge in [-0.05, 0) is 72.1 Å². The number of halogens is 1. The van der Waals surface area contributed by atoms with Crippen LogP contribution in [0.15, 0.2) is 33.2 Å². The average molecular weight is 410 g/mol. The van der Waals surface area contributed by atoms with Gasteiger partial charge in [-0.15, -0.1) is 0 Å². The van der Waals surface area contributed by atoms with Crippen LogP contribution in [0.3, 0.4) is 0 Å². The lowest BCUT2D eigenvalue weighted by Crippen LogP contribution is -2.22. The summed E-state index contributed by atoms with van der Waals surface area (Å²) in [5.41, 5.74) is 1.10. The highest BCUT2D eigenvalue weighted by molar-refractivity contribution is 9.10. The summed E-state index contributed by atoms with van der Waals surface area (Å²) in [6, 6.07) is 8.17. The van der Waals surface area contributed by atoms with Crippen LogP contribution in [-0.2, 0) is 17.9 Å². The van der Waals surface area contributed by atoms with Crippen molar-refractivity contribution >= 4 is 15.9 Å². The minimum atomic E-state index is 0.152. The van der Waals surface area contributed by atoms with Crippen LogP contribution in [-0.4, -0.2) is 30.3 Å². The monoisotopic (exact) mass is 409 g/mol. The topological polar surface area (TPSA) is 55.1 Å². The lowest BCUT2D eigenvalue weighted by Gasteiger charge is -2.23. The molecule has 136 valence electrons. The second-order valence-electron chi connectivity index (χ2n) is 6.22. The largest absolute Gasteiger partial charge is 0.503 e. The number of aromatic hydroxyl groups is 1. The quantitative estimate of drug-likeness (QED) is 0.722. The van der Waals surface area contributed by atoms with Crippen molar-refractivity contribution in [2.24, 2.45) is 0 Å². The molecule has 1 aromatic heterocycles. The molecular formula is C19H24BrNO4. The maximum absolute atomic E-state index is 10.1. The first kappa shape index (κ1) is 18.3. The second-order valence-corrected chi connectivity index (χ2v) is 7.08. The number of methoxy groups -OCH3 is 1. The van der Waals surface area contributed by atoms with E-state index in [1.54, 1.807) is 7.11 Å². The van der Waals surface area contributed by atoms with E-state index in [2.05, 4.69) is 26.9 Å². The third-order valence-electron chi connectivity index (χ3n) is 4.43. The lowest BCUT2D eigenvalue weighted by atomic mass is 10.1. The van der Waals surface area contributed by atoms with Crippen LogP contribution in [0.2, 0.25) is 0 Å². The normalized spacial score (nSPS) is 18.0. The molecule has 0 aliphatic carbocycles. The Morgan fingerprint density at radius 3 is 2.96 bits per heavy atom. The smallest absolute Gasteiger partial charge is 0.172 e. The van der Waals surface area contributed by atoms with Gasteiger partial charge in [0.05, 0.1) is 17.1 Å². The second kappa shape index (κ2) is 8.25. The molecule has 1 saturated heterocycles. The highest BCUT2D eigenvalue weighted by Gasteiger charge is 2.29. The van der Waals surface area contributed by atoms with E-state index < -0.39 is 0 Å². The molecule has 0 amide bonds. The summed E-state index contributed by atoms with van der Waals surface area (Å²) in [4.78, 5) is 2.41. The number of nitrogens with zero attached hydrogens (tertiary/aromatic N) is 1. The van der Waals surface area contributed by atoms with Crippen molar-refractivity contribution in [2.75, 3.05) is 20.3 Å². The van der Waals surface area contributed by atoms with Crippen LogP contribution in [0.25, 0.3) is 0 Å². The number of furan rings is 1. The minimum Gasteiger partial charge on any atom is -0.503 e. The Bertz CT molecular complexity index is 715. The fourth-order valence-electron chi connectivity index (χ4n) is 3.35. The summed E-state index contributed by atoms with van der Waals surface area (Å²) < 4.78 is 17.3. The summed E-state index contributed by atoms with van der Waals surface area (Å²) in [6.45, 7) is 4.72. The van der Waals surface area contributed by atoms with Gasteiger partial charge in [-0.2, -0.15) is 0 Å². The molecule has 3 rings (SSSR count). The zero-order valence-corrected chi connectivity index (χ0v) is 16.2. The molecule has 0 bridgehead atoms. The Balaban J connectivity index is 1.77. The first-order valence-corrected chi connectivity index (χ1v) is 9.37. The van der Waals surface area contributed by atoms with Crippen molar-refractivity contribution in [3.05, 3.63) is 45.8 Å². The van der Waals surface area contributed by atoms with Gasteiger partial charge in [-0.3, -0.25) is 4.90 Å². The summed E-state index contributed by atoms with van der Waals surface area (Å²) in [5.74, 6) is 2.52. The first-order chi connectivity index (χ1) is 12.1. The Morgan fingerprint density at radius 2 is 2.20 bits per heavy atom. The van der Waals surface area contributed by atoms with Gasteiger partial charge in [0.15, 0.2) is 11.5 Å². The summed E-state index contributed by atoms with van der Waals surface area (Å²) >= 11 is 3.42. The molecule has 0 radical (unpaired) electrons. The molecule has 1 N–H and O–H groups in total. The van der Waals surface area contributed by atoms with E-state index in [1.165, 1.54) is 0 Å². The van der Waals surface area contributed by atoms with E-state index >= 15 is 0 Å². The van der Waals surface area contributed by atoms with Crippen molar-refractivity contribution in [3.8, 4) is 11.5 Å². The number of hydrogen-bond acceptors (Lipinski definition) is 5. The highest BCUT2D eigenvalue weighted by Crippen LogP contribution is 2.38. The molecule has 2 aromatic rings. The fourth-order valence-corrected chi connectivity index (χ4v) is 3.84. The van der Waals surface area contributed by atoms with Crippen LogP contribution in [0, 0.1) is 0 Å². The molecule has 0 spiro atoms. The summed E-state index contributed by atoms with van der Waals surface area (Å²) in [6.07, 6.45) is 2.22. The molecule has 1 aliphatic heterocycles. The maximum atomic E-state index is 10.1. The van der Waals surface area contributed by atoms with Crippen LogP contribution >= 0.6 is 15.9 Å². The van der Waals surface area contributed by atoms with E-state index in [4.69, 9.17) is 13.9 Å². The molecular weight excluding hydrogens is 386 g/mol. The SMILES string of the molecule is CCOc1cc(CN2CCCC2c2ccc(COC)o2)cc(Br)c1O. The third-order valence-corrected chi connectivity index (χ3v) is 5.04. The molecule has 1 unspecified atom stereocenters. The van der Waals surface area contributed by atoms with Crippen molar-refractivity contribution < 1.29 is 19.0 Å². The van der Waals surface area contributed by atoms with Gasteiger partial charge in [0.1, 0.15) is 18.1 Å². The van der Waals surface area contributed by atoms with E-state index in [9.17, 15) is 5.11 Å². The number of phenols is 1. The van der Waals surface area contributed by atoms with E-state index in [1.807, 2.05) is 25.1 Å². The molecule has 6 heteroatoms. The Hall–Kier alpha value is -1.50. The zero-order valence-electron chi connectivity index (χ0n) is 14.6.